The number of benzene rings is 1. The number of hydrogen-bond donors (Lipinski definition) is 1. The molecule has 132 valence electrons. The van der Waals surface area contributed by atoms with Crippen LogP contribution in [-0.2, 0) is 19.5 Å². The lowest BCUT2D eigenvalue weighted by Gasteiger charge is -2.27. The van der Waals surface area contributed by atoms with E-state index in [9.17, 15) is 9.18 Å². The lowest BCUT2D eigenvalue weighted by atomic mass is 10.0. The lowest BCUT2D eigenvalue weighted by molar-refractivity contribution is 0.241. The smallest absolute Gasteiger partial charge is 0.255 e. The highest BCUT2D eigenvalue weighted by molar-refractivity contribution is 5.52. The monoisotopic (exact) mass is 351 g/mol. The van der Waals surface area contributed by atoms with Gasteiger partial charge in [-0.15, -0.1) is 0 Å². The fourth-order valence-electron chi connectivity index (χ4n) is 3.17. The third-order valence-corrected chi connectivity index (χ3v) is 4.62. The van der Waals surface area contributed by atoms with E-state index in [4.69, 9.17) is 0 Å². The number of nitrogens with zero attached hydrogens (tertiary/aromatic N) is 4. The van der Waals surface area contributed by atoms with E-state index in [-0.39, 0.29) is 11.4 Å². The zero-order valence-corrected chi connectivity index (χ0v) is 14.4. The van der Waals surface area contributed by atoms with E-state index in [2.05, 4.69) is 24.8 Å². The minimum Gasteiger partial charge on any atom is -0.306 e. The molecular formula is C19H18FN5O. The van der Waals surface area contributed by atoms with Crippen LogP contribution in [0.3, 0.4) is 0 Å². The number of rotatable bonds is 3. The van der Waals surface area contributed by atoms with Crippen molar-refractivity contribution in [2.24, 2.45) is 0 Å². The highest BCUT2D eigenvalue weighted by atomic mass is 19.1. The first-order valence-corrected chi connectivity index (χ1v) is 8.45. The maximum atomic E-state index is 13.7. The van der Waals surface area contributed by atoms with Crippen molar-refractivity contribution in [1.82, 2.24) is 24.8 Å². The second kappa shape index (κ2) is 6.76. The molecule has 3 aromatic rings. The third kappa shape index (κ3) is 3.25. The van der Waals surface area contributed by atoms with Crippen LogP contribution in [0.4, 0.5) is 4.39 Å². The average Bonchev–Trinajstić information content (AvgIpc) is 2.66. The van der Waals surface area contributed by atoms with Crippen LogP contribution < -0.4 is 5.56 Å². The van der Waals surface area contributed by atoms with E-state index in [1.165, 1.54) is 6.33 Å². The molecule has 26 heavy (non-hydrogen) atoms. The van der Waals surface area contributed by atoms with E-state index >= 15 is 0 Å². The van der Waals surface area contributed by atoms with Crippen LogP contribution in [0.25, 0.3) is 11.4 Å². The van der Waals surface area contributed by atoms with Gasteiger partial charge in [-0.2, -0.15) is 0 Å². The first-order chi connectivity index (χ1) is 12.6. The highest BCUT2D eigenvalue weighted by Crippen LogP contribution is 2.20. The first kappa shape index (κ1) is 16.5. The number of aromatic amines is 1. The molecule has 0 bridgehead atoms. The normalized spacial score (nSPS) is 14.2. The van der Waals surface area contributed by atoms with Crippen LogP contribution in [0.15, 0.2) is 41.7 Å². The Hall–Kier alpha value is -2.93. The van der Waals surface area contributed by atoms with E-state index < -0.39 is 0 Å². The quantitative estimate of drug-likeness (QED) is 0.783. The summed E-state index contributed by atoms with van der Waals surface area (Å²) in [6.07, 6.45) is 5.36. The summed E-state index contributed by atoms with van der Waals surface area (Å²) >= 11 is 0. The molecule has 0 amide bonds. The number of halogens is 1. The molecule has 0 fully saturated rings. The zero-order chi connectivity index (χ0) is 18.1. The highest BCUT2D eigenvalue weighted by Gasteiger charge is 2.21. The second-order valence-corrected chi connectivity index (χ2v) is 6.51. The van der Waals surface area contributed by atoms with Gasteiger partial charge in [-0.05, 0) is 24.1 Å². The van der Waals surface area contributed by atoms with Crippen LogP contribution in [0.2, 0.25) is 0 Å². The van der Waals surface area contributed by atoms with Gasteiger partial charge in [0.15, 0.2) is 0 Å². The minimum atomic E-state index is -0.200. The number of aromatic nitrogens is 4. The summed E-state index contributed by atoms with van der Waals surface area (Å²) in [6.45, 7) is 3.61. The van der Waals surface area contributed by atoms with Crippen molar-refractivity contribution in [2.75, 3.05) is 6.54 Å². The van der Waals surface area contributed by atoms with Gasteiger partial charge in [0.1, 0.15) is 18.0 Å². The minimum absolute atomic E-state index is 0.145. The predicted octanol–water partition coefficient (Wildman–Crippen LogP) is 2.23. The number of aryl methyl sites for hydroxylation is 1. The van der Waals surface area contributed by atoms with Gasteiger partial charge in [-0.25, -0.2) is 19.3 Å². The Morgan fingerprint density at radius 3 is 2.85 bits per heavy atom. The summed E-state index contributed by atoms with van der Waals surface area (Å²) in [5.74, 6) is 0.289. The SMILES string of the molecule is Cc1ccc(CN2CCc3nc(-c4cncnc4)[nH]c(=O)c3C2)cc1F. The Morgan fingerprint density at radius 2 is 2.08 bits per heavy atom. The van der Waals surface area contributed by atoms with E-state index in [1.807, 2.05) is 6.07 Å². The van der Waals surface area contributed by atoms with Gasteiger partial charge >= 0.3 is 0 Å². The fourth-order valence-corrected chi connectivity index (χ4v) is 3.17. The van der Waals surface area contributed by atoms with Crippen molar-refractivity contribution in [1.29, 1.82) is 0 Å². The van der Waals surface area contributed by atoms with Gasteiger partial charge in [-0.3, -0.25) is 9.69 Å². The topological polar surface area (TPSA) is 74.8 Å². The molecule has 0 aliphatic carbocycles. The van der Waals surface area contributed by atoms with E-state index in [0.29, 0.717) is 42.0 Å². The second-order valence-electron chi connectivity index (χ2n) is 6.51. The Labute approximate surface area is 149 Å². The number of H-pyrrole nitrogens is 1. The molecule has 0 atom stereocenters. The van der Waals surface area contributed by atoms with Crippen LogP contribution in [0.5, 0.6) is 0 Å². The molecule has 4 rings (SSSR count). The molecular weight excluding hydrogens is 333 g/mol. The standard InChI is InChI=1S/C19H18FN5O/c1-12-2-3-13(6-16(12)20)9-25-5-4-17-15(10-25)19(26)24-18(23-17)14-7-21-11-22-8-14/h2-3,6-8,11H,4-5,9-10H2,1H3,(H,23,24,26). The summed E-state index contributed by atoms with van der Waals surface area (Å²) < 4.78 is 13.7. The van der Waals surface area contributed by atoms with Gasteiger partial charge in [0.05, 0.1) is 16.8 Å². The van der Waals surface area contributed by atoms with Gasteiger partial charge in [0, 0.05) is 38.4 Å². The fraction of sp³-hybridized carbons (Fsp3) is 0.263. The molecule has 1 N–H and O–H groups in total. The van der Waals surface area contributed by atoms with Crippen LogP contribution in [0, 0.1) is 12.7 Å². The van der Waals surface area contributed by atoms with Crippen LogP contribution in [-0.4, -0.2) is 31.4 Å². The van der Waals surface area contributed by atoms with E-state index in [0.717, 1.165) is 17.8 Å². The molecule has 3 heterocycles. The Kier molecular flexibility index (Phi) is 4.30. The maximum absolute atomic E-state index is 13.7. The Morgan fingerprint density at radius 1 is 1.27 bits per heavy atom. The number of hydrogen-bond acceptors (Lipinski definition) is 5. The zero-order valence-electron chi connectivity index (χ0n) is 14.4. The van der Waals surface area contributed by atoms with Crippen molar-refractivity contribution in [3.8, 4) is 11.4 Å². The molecule has 0 unspecified atom stereocenters. The molecule has 6 nitrogen and oxygen atoms in total. The van der Waals surface area contributed by atoms with E-state index in [1.54, 1.807) is 31.5 Å². The van der Waals surface area contributed by atoms with Crippen LogP contribution in [0.1, 0.15) is 22.4 Å². The largest absolute Gasteiger partial charge is 0.306 e. The number of fused-ring (bicyclic) bond motifs is 1. The average molecular weight is 351 g/mol. The van der Waals surface area contributed by atoms with Gasteiger partial charge < -0.3 is 4.98 Å². The predicted molar refractivity (Wildman–Crippen MR) is 94.8 cm³/mol. The molecule has 0 saturated heterocycles. The molecule has 0 radical (unpaired) electrons. The summed E-state index contributed by atoms with van der Waals surface area (Å²) in [7, 11) is 0. The van der Waals surface area contributed by atoms with Crippen molar-refractivity contribution >= 4 is 0 Å². The first-order valence-electron chi connectivity index (χ1n) is 8.45. The van der Waals surface area contributed by atoms with Gasteiger partial charge in [0.2, 0.25) is 0 Å². The molecule has 1 aliphatic heterocycles. The maximum Gasteiger partial charge on any atom is 0.255 e. The van der Waals surface area contributed by atoms with Crippen molar-refractivity contribution < 1.29 is 4.39 Å². The summed E-state index contributed by atoms with van der Waals surface area (Å²) in [4.78, 5) is 30.0. The molecule has 7 heteroatoms. The Balaban J connectivity index is 1.57. The lowest BCUT2D eigenvalue weighted by Crippen LogP contribution is -2.35. The summed E-state index contributed by atoms with van der Waals surface area (Å²) in [6, 6.07) is 5.27. The molecule has 1 aromatic carbocycles. The summed E-state index contributed by atoms with van der Waals surface area (Å²) in [5, 5.41) is 0. The molecule has 2 aromatic heterocycles. The van der Waals surface area contributed by atoms with Crippen molar-refractivity contribution in [2.45, 2.75) is 26.4 Å². The van der Waals surface area contributed by atoms with Crippen LogP contribution >= 0.6 is 0 Å². The number of nitrogens with one attached hydrogen (secondary N) is 1. The third-order valence-electron chi connectivity index (χ3n) is 4.62. The Bertz CT molecular complexity index is 1000. The van der Waals surface area contributed by atoms with Crippen molar-refractivity contribution in [3.63, 3.8) is 0 Å². The van der Waals surface area contributed by atoms with Gasteiger partial charge in [-0.1, -0.05) is 12.1 Å². The molecule has 1 aliphatic rings. The summed E-state index contributed by atoms with van der Waals surface area (Å²) in [5.41, 5.74) is 3.55. The van der Waals surface area contributed by atoms with Crippen molar-refractivity contribution in [3.05, 3.63) is 75.5 Å². The molecule has 0 spiro atoms. The van der Waals surface area contributed by atoms with Gasteiger partial charge in [0.25, 0.3) is 5.56 Å². The molecule has 0 saturated carbocycles.